The fourth-order valence-electron chi connectivity index (χ4n) is 4.46. The predicted molar refractivity (Wildman–Crippen MR) is 131 cm³/mol. The summed E-state index contributed by atoms with van der Waals surface area (Å²) in [7, 11) is 1.83. The number of carbonyl (C=O) groups excluding carboxylic acids is 1. The Morgan fingerprint density at radius 3 is 2.24 bits per heavy atom. The lowest BCUT2D eigenvalue weighted by atomic mass is 9.92. The zero-order valence-electron chi connectivity index (χ0n) is 18.0. The minimum absolute atomic E-state index is 0. The molecule has 29 heavy (non-hydrogen) atoms. The van der Waals surface area contributed by atoms with E-state index in [-0.39, 0.29) is 29.9 Å². The molecule has 0 aromatic heterocycles. The number of nitrogens with one attached hydrogen (secondary N) is 1. The predicted octanol–water partition coefficient (Wildman–Crippen LogP) is 2.90. The molecule has 0 radical (unpaired) electrons. The van der Waals surface area contributed by atoms with Crippen molar-refractivity contribution in [3.8, 4) is 0 Å². The number of halogens is 1. The van der Waals surface area contributed by atoms with E-state index in [4.69, 9.17) is 0 Å². The normalized spacial score (nSPS) is 22.9. The molecule has 1 N–H and O–H groups in total. The quantitative estimate of drug-likeness (QED) is 0.382. The average molecular weight is 513 g/mol. The molecule has 2 fully saturated rings. The third-order valence-electron chi connectivity index (χ3n) is 5.76. The van der Waals surface area contributed by atoms with Crippen LogP contribution in [0.1, 0.15) is 26.7 Å². The number of likely N-dealkylation sites (tertiary alicyclic amines) is 1. The number of benzene rings is 1. The van der Waals surface area contributed by atoms with Crippen LogP contribution in [-0.2, 0) is 4.79 Å². The van der Waals surface area contributed by atoms with Crippen LogP contribution in [0.3, 0.4) is 0 Å². The Balaban J connectivity index is 0.00000300. The van der Waals surface area contributed by atoms with Crippen molar-refractivity contribution in [1.29, 1.82) is 0 Å². The molecular weight excluding hydrogens is 477 g/mol. The molecule has 2 unspecified atom stereocenters. The molecule has 1 aromatic rings. The molecule has 0 spiro atoms. The highest BCUT2D eigenvalue weighted by Gasteiger charge is 2.25. The number of guanidine groups is 1. The molecule has 2 aliphatic rings. The number of hydrogen-bond acceptors (Lipinski definition) is 3. The van der Waals surface area contributed by atoms with Gasteiger partial charge < -0.3 is 20.0 Å². The standard InChI is InChI=1S/C22H35N5O.HI/c1-18-15-19(2)17-27(16-18)22(23-3)24-10-9-21(28)26-13-11-25(12-14-26)20-7-5-4-6-8-20;/h4-8,18-19H,9-17H2,1-3H3,(H,23,24);1H. The van der Waals surface area contributed by atoms with Crippen LogP contribution in [0, 0.1) is 11.8 Å². The summed E-state index contributed by atoms with van der Waals surface area (Å²) in [5.41, 5.74) is 1.24. The monoisotopic (exact) mass is 513 g/mol. The van der Waals surface area contributed by atoms with E-state index in [0.717, 1.165) is 45.2 Å². The van der Waals surface area contributed by atoms with Gasteiger partial charge in [-0.1, -0.05) is 32.0 Å². The van der Waals surface area contributed by atoms with Gasteiger partial charge in [0.1, 0.15) is 0 Å². The van der Waals surface area contributed by atoms with Crippen LogP contribution in [0.15, 0.2) is 35.3 Å². The van der Waals surface area contributed by atoms with E-state index < -0.39 is 0 Å². The lowest BCUT2D eigenvalue weighted by molar-refractivity contribution is -0.131. The smallest absolute Gasteiger partial charge is 0.224 e. The summed E-state index contributed by atoms with van der Waals surface area (Å²) in [5.74, 6) is 2.53. The van der Waals surface area contributed by atoms with E-state index in [0.29, 0.717) is 24.8 Å². The zero-order chi connectivity index (χ0) is 19.9. The molecule has 2 saturated heterocycles. The third-order valence-corrected chi connectivity index (χ3v) is 5.76. The van der Waals surface area contributed by atoms with Crippen molar-refractivity contribution >= 4 is 41.5 Å². The maximum absolute atomic E-state index is 12.6. The van der Waals surface area contributed by atoms with Crippen LogP contribution < -0.4 is 10.2 Å². The molecule has 1 aromatic carbocycles. The summed E-state index contributed by atoms with van der Waals surface area (Å²) in [4.78, 5) is 23.7. The van der Waals surface area contributed by atoms with E-state index in [1.165, 1.54) is 12.1 Å². The van der Waals surface area contributed by atoms with Gasteiger partial charge in [0, 0.05) is 65.0 Å². The van der Waals surface area contributed by atoms with E-state index in [9.17, 15) is 4.79 Å². The minimum Gasteiger partial charge on any atom is -0.368 e. The number of aliphatic imine (C=N–C) groups is 1. The summed E-state index contributed by atoms with van der Waals surface area (Å²) in [6, 6.07) is 10.4. The third kappa shape index (κ3) is 6.76. The van der Waals surface area contributed by atoms with E-state index in [2.05, 4.69) is 58.2 Å². The Labute approximate surface area is 192 Å². The Morgan fingerprint density at radius 2 is 1.66 bits per heavy atom. The maximum Gasteiger partial charge on any atom is 0.224 e. The van der Waals surface area contributed by atoms with Gasteiger partial charge in [0.15, 0.2) is 5.96 Å². The van der Waals surface area contributed by atoms with Crippen LogP contribution >= 0.6 is 24.0 Å². The SMILES string of the molecule is CN=C(NCCC(=O)N1CCN(c2ccccc2)CC1)N1CC(C)CC(C)C1.I. The fourth-order valence-corrected chi connectivity index (χ4v) is 4.46. The molecule has 0 bridgehead atoms. The summed E-state index contributed by atoms with van der Waals surface area (Å²) < 4.78 is 0. The molecule has 1 amide bonds. The number of piperidine rings is 1. The van der Waals surface area contributed by atoms with Gasteiger partial charge in [-0.2, -0.15) is 0 Å². The van der Waals surface area contributed by atoms with Crippen molar-refractivity contribution in [3.63, 3.8) is 0 Å². The highest BCUT2D eigenvalue weighted by Crippen LogP contribution is 2.21. The second kappa shape index (κ2) is 11.6. The first-order chi connectivity index (χ1) is 13.6. The number of piperazine rings is 1. The van der Waals surface area contributed by atoms with Gasteiger partial charge in [-0.05, 0) is 30.4 Å². The highest BCUT2D eigenvalue weighted by molar-refractivity contribution is 14.0. The highest BCUT2D eigenvalue weighted by atomic mass is 127. The number of para-hydroxylation sites is 1. The Kier molecular flexibility index (Phi) is 9.52. The first kappa shape index (κ1) is 23.8. The number of nitrogens with zero attached hydrogens (tertiary/aromatic N) is 4. The molecule has 0 aliphatic carbocycles. The lowest BCUT2D eigenvalue weighted by Crippen LogP contribution is -2.50. The van der Waals surface area contributed by atoms with Gasteiger partial charge in [-0.25, -0.2) is 0 Å². The molecule has 6 nitrogen and oxygen atoms in total. The van der Waals surface area contributed by atoms with Crippen molar-refractivity contribution in [1.82, 2.24) is 15.1 Å². The number of anilines is 1. The topological polar surface area (TPSA) is 51.2 Å². The summed E-state index contributed by atoms with van der Waals surface area (Å²) in [6.45, 7) is 10.7. The largest absolute Gasteiger partial charge is 0.368 e. The number of rotatable bonds is 4. The van der Waals surface area contributed by atoms with Gasteiger partial charge in [-0.3, -0.25) is 9.79 Å². The average Bonchev–Trinajstić information content (AvgIpc) is 2.71. The Morgan fingerprint density at radius 1 is 1.03 bits per heavy atom. The molecule has 0 saturated carbocycles. The van der Waals surface area contributed by atoms with Gasteiger partial charge in [0.05, 0.1) is 0 Å². The first-order valence-corrected chi connectivity index (χ1v) is 10.6. The number of amides is 1. The van der Waals surface area contributed by atoms with E-state index in [1.807, 2.05) is 18.0 Å². The zero-order valence-corrected chi connectivity index (χ0v) is 20.3. The lowest BCUT2D eigenvalue weighted by Gasteiger charge is -2.37. The summed E-state index contributed by atoms with van der Waals surface area (Å²) in [6.07, 6.45) is 1.80. The summed E-state index contributed by atoms with van der Waals surface area (Å²) >= 11 is 0. The van der Waals surface area contributed by atoms with E-state index >= 15 is 0 Å². The van der Waals surface area contributed by atoms with Crippen molar-refractivity contribution < 1.29 is 4.79 Å². The van der Waals surface area contributed by atoms with E-state index in [1.54, 1.807) is 0 Å². The van der Waals surface area contributed by atoms with Crippen LogP contribution in [0.2, 0.25) is 0 Å². The van der Waals surface area contributed by atoms with Gasteiger partial charge >= 0.3 is 0 Å². The van der Waals surface area contributed by atoms with Crippen molar-refractivity contribution in [2.24, 2.45) is 16.8 Å². The minimum atomic E-state index is 0. The van der Waals surface area contributed by atoms with Crippen LogP contribution in [0.25, 0.3) is 0 Å². The van der Waals surface area contributed by atoms with Gasteiger partial charge in [-0.15, -0.1) is 24.0 Å². The molecule has 162 valence electrons. The second-order valence-corrected chi connectivity index (χ2v) is 8.28. The van der Waals surface area contributed by atoms with Gasteiger partial charge in [0.2, 0.25) is 5.91 Å². The molecular formula is C22H36IN5O. The summed E-state index contributed by atoms with van der Waals surface area (Å²) in [5, 5.41) is 3.40. The molecule has 2 atom stereocenters. The Bertz CT molecular complexity index is 650. The van der Waals surface area contributed by atoms with Crippen LogP contribution in [-0.4, -0.2) is 74.5 Å². The van der Waals surface area contributed by atoms with Crippen molar-refractivity contribution in [2.75, 3.05) is 57.8 Å². The molecule has 7 heteroatoms. The fraction of sp³-hybridized carbons (Fsp3) is 0.636. The molecule has 2 aliphatic heterocycles. The van der Waals surface area contributed by atoms with Gasteiger partial charge in [0.25, 0.3) is 0 Å². The van der Waals surface area contributed by atoms with Crippen molar-refractivity contribution in [2.45, 2.75) is 26.7 Å². The maximum atomic E-state index is 12.6. The molecule has 2 heterocycles. The Hall–Kier alpha value is -1.51. The van der Waals surface area contributed by atoms with Crippen LogP contribution in [0.5, 0.6) is 0 Å². The van der Waals surface area contributed by atoms with Crippen LogP contribution in [0.4, 0.5) is 5.69 Å². The molecule has 3 rings (SSSR count). The first-order valence-electron chi connectivity index (χ1n) is 10.6. The number of carbonyl (C=O) groups is 1. The number of hydrogen-bond donors (Lipinski definition) is 1. The second-order valence-electron chi connectivity index (χ2n) is 8.28. The van der Waals surface area contributed by atoms with Crippen molar-refractivity contribution in [3.05, 3.63) is 30.3 Å².